The summed E-state index contributed by atoms with van der Waals surface area (Å²) in [6.45, 7) is 6.93. The van der Waals surface area contributed by atoms with Crippen molar-refractivity contribution in [3.8, 4) is 0 Å². The topological polar surface area (TPSA) is 81.6 Å². The third kappa shape index (κ3) is 2.76. The lowest BCUT2D eigenvalue weighted by atomic mass is 10.2. The van der Waals surface area contributed by atoms with Gasteiger partial charge in [0, 0.05) is 25.5 Å². The Hall–Kier alpha value is -2.15. The molecule has 1 fully saturated rings. The predicted octanol–water partition coefficient (Wildman–Crippen LogP) is 2.06. The lowest BCUT2D eigenvalue weighted by Crippen LogP contribution is -2.42. The second-order valence-electron chi connectivity index (χ2n) is 5.35. The highest BCUT2D eigenvalue weighted by molar-refractivity contribution is 5.93. The number of aryl methyl sites for hydroxylation is 3. The molecule has 2 aromatic heterocycles. The van der Waals surface area contributed by atoms with Crippen molar-refractivity contribution in [1.29, 1.82) is 0 Å². The summed E-state index contributed by atoms with van der Waals surface area (Å²) < 4.78 is 16.7. The quantitative estimate of drug-likeness (QED) is 0.863. The van der Waals surface area contributed by atoms with Crippen molar-refractivity contribution in [2.45, 2.75) is 33.3 Å². The molecule has 3 rings (SSSR count). The van der Waals surface area contributed by atoms with Crippen molar-refractivity contribution in [3.63, 3.8) is 0 Å². The summed E-state index contributed by atoms with van der Waals surface area (Å²) in [5.74, 6) is 1.98. The van der Waals surface area contributed by atoms with E-state index in [1.54, 1.807) is 11.8 Å². The first-order chi connectivity index (χ1) is 10.6. The van der Waals surface area contributed by atoms with E-state index >= 15 is 0 Å². The molecule has 1 saturated heterocycles. The Bertz CT molecular complexity index is 676. The van der Waals surface area contributed by atoms with E-state index in [0.29, 0.717) is 37.2 Å². The zero-order chi connectivity index (χ0) is 15.7. The second-order valence-corrected chi connectivity index (χ2v) is 5.35. The number of carbonyl (C=O) groups is 1. The minimum Gasteiger partial charge on any atom is -0.456 e. The van der Waals surface area contributed by atoms with Crippen LogP contribution in [0, 0.1) is 13.8 Å². The van der Waals surface area contributed by atoms with Gasteiger partial charge in [-0.15, -0.1) is 10.2 Å². The van der Waals surface area contributed by atoms with Crippen molar-refractivity contribution in [3.05, 3.63) is 34.9 Å². The number of rotatable bonds is 3. The van der Waals surface area contributed by atoms with Gasteiger partial charge < -0.3 is 18.5 Å². The molecule has 0 spiro atoms. The lowest BCUT2D eigenvalue weighted by Gasteiger charge is -2.30. The van der Waals surface area contributed by atoms with Gasteiger partial charge in [0.1, 0.15) is 5.76 Å². The fourth-order valence-corrected chi connectivity index (χ4v) is 2.50. The number of morpholine rings is 1. The Morgan fingerprint density at radius 2 is 2.18 bits per heavy atom. The van der Waals surface area contributed by atoms with Crippen molar-refractivity contribution in [1.82, 2.24) is 15.1 Å². The summed E-state index contributed by atoms with van der Waals surface area (Å²) >= 11 is 0. The molecule has 0 unspecified atom stereocenters. The average molecular weight is 305 g/mol. The largest absolute Gasteiger partial charge is 0.456 e. The Morgan fingerprint density at radius 1 is 1.36 bits per heavy atom. The van der Waals surface area contributed by atoms with Crippen molar-refractivity contribution in [2.24, 2.45) is 0 Å². The highest BCUT2D eigenvalue weighted by Crippen LogP contribution is 2.24. The number of hydrogen-bond donors (Lipinski definition) is 0. The molecular formula is C15H19N3O4. The molecule has 0 bridgehead atoms. The summed E-state index contributed by atoms with van der Waals surface area (Å²) in [5, 5.41) is 7.77. The molecule has 7 nitrogen and oxygen atoms in total. The van der Waals surface area contributed by atoms with E-state index < -0.39 is 0 Å². The molecule has 0 N–H and O–H groups in total. The van der Waals surface area contributed by atoms with Gasteiger partial charge >= 0.3 is 0 Å². The van der Waals surface area contributed by atoms with Gasteiger partial charge in [-0.25, -0.2) is 0 Å². The Labute approximate surface area is 128 Å². The van der Waals surface area contributed by atoms with Crippen LogP contribution in [-0.4, -0.2) is 40.7 Å². The van der Waals surface area contributed by atoms with Gasteiger partial charge in [0.25, 0.3) is 5.91 Å². The van der Waals surface area contributed by atoms with Crippen LogP contribution in [0.1, 0.15) is 46.7 Å². The maximum Gasteiger partial charge on any atom is 0.290 e. The van der Waals surface area contributed by atoms with Crippen LogP contribution < -0.4 is 0 Å². The smallest absolute Gasteiger partial charge is 0.290 e. The van der Waals surface area contributed by atoms with Gasteiger partial charge in [-0.05, 0) is 13.0 Å². The van der Waals surface area contributed by atoms with Crippen LogP contribution >= 0.6 is 0 Å². The standard InChI is InChI=1S/C15H19N3O4/c1-4-11-7-9(2)13(22-11)15(19)18-5-6-20-12(8-18)14-17-16-10(3)21-14/h7,12H,4-6,8H2,1-3H3/t12-/m0/s1. The molecule has 118 valence electrons. The van der Waals surface area contributed by atoms with Crippen LogP contribution in [0.25, 0.3) is 0 Å². The molecule has 0 aromatic carbocycles. The van der Waals surface area contributed by atoms with E-state index in [-0.39, 0.29) is 12.0 Å². The van der Waals surface area contributed by atoms with Crippen LogP contribution in [0.5, 0.6) is 0 Å². The van der Waals surface area contributed by atoms with Crippen LogP contribution in [0.4, 0.5) is 0 Å². The van der Waals surface area contributed by atoms with Crippen molar-refractivity contribution in [2.75, 3.05) is 19.7 Å². The fourth-order valence-electron chi connectivity index (χ4n) is 2.50. The first kappa shape index (κ1) is 14.8. The van der Waals surface area contributed by atoms with Crippen LogP contribution in [0.15, 0.2) is 14.9 Å². The summed E-state index contributed by atoms with van der Waals surface area (Å²) in [6, 6.07) is 1.91. The number of nitrogens with zero attached hydrogens (tertiary/aromatic N) is 3. The summed E-state index contributed by atoms with van der Waals surface area (Å²) in [7, 11) is 0. The van der Waals surface area contributed by atoms with Gasteiger partial charge in [0.05, 0.1) is 13.2 Å². The zero-order valence-corrected chi connectivity index (χ0v) is 13.0. The molecule has 0 aliphatic carbocycles. The Kier molecular flexibility index (Phi) is 3.98. The van der Waals surface area contributed by atoms with E-state index in [2.05, 4.69) is 10.2 Å². The number of ether oxygens (including phenoxy) is 1. The predicted molar refractivity (Wildman–Crippen MR) is 76.5 cm³/mol. The SMILES string of the molecule is CCc1cc(C)c(C(=O)N2CCO[C@H](c3nnc(C)o3)C2)o1. The van der Waals surface area contributed by atoms with Crippen molar-refractivity contribution < 1.29 is 18.4 Å². The fraction of sp³-hybridized carbons (Fsp3) is 0.533. The van der Waals surface area contributed by atoms with E-state index in [1.807, 2.05) is 19.9 Å². The molecule has 0 saturated carbocycles. The monoisotopic (exact) mass is 305 g/mol. The maximum absolute atomic E-state index is 12.6. The first-order valence-corrected chi connectivity index (χ1v) is 7.38. The molecule has 1 aliphatic heterocycles. The van der Waals surface area contributed by atoms with Gasteiger partial charge in [-0.2, -0.15) is 0 Å². The number of furan rings is 1. The molecule has 7 heteroatoms. The molecular weight excluding hydrogens is 286 g/mol. The molecule has 1 aliphatic rings. The zero-order valence-electron chi connectivity index (χ0n) is 13.0. The summed E-state index contributed by atoms with van der Waals surface area (Å²) in [4.78, 5) is 14.3. The van der Waals surface area contributed by atoms with Crippen LogP contribution in [-0.2, 0) is 11.2 Å². The van der Waals surface area contributed by atoms with Gasteiger partial charge in [0.15, 0.2) is 11.9 Å². The Morgan fingerprint density at radius 3 is 2.82 bits per heavy atom. The summed E-state index contributed by atoms with van der Waals surface area (Å²) in [5.41, 5.74) is 0.860. The third-order valence-electron chi connectivity index (χ3n) is 3.68. The van der Waals surface area contributed by atoms with E-state index in [1.165, 1.54) is 0 Å². The minimum atomic E-state index is -0.389. The van der Waals surface area contributed by atoms with Gasteiger partial charge in [-0.1, -0.05) is 6.92 Å². The van der Waals surface area contributed by atoms with Crippen LogP contribution in [0.3, 0.4) is 0 Å². The molecule has 2 aromatic rings. The van der Waals surface area contributed by atoms with E-state index in [0.717, 1.165) is 17.7 Å². The number of carbonyl (C=O) groups excluding carboxylic acids is 1. The van der Waals surface area contributed by atoms with Crippen molar-refractivity contribution >= 4 is 5.91 Å². The minimum absolute atomic E-state index is 0.123. The maximum atomic E-state index is 12.6. The van der Waals surface area contributed by atoms with Gasteiger partial charge in [-0.3, -0.25) is 4.79 Å². The highest BCUT2D eigenvalue weighted by atomic mass is 16.5. The van der Waals surface area contributed by atoms with E-state index in [4.69, 9.17) is 13.6 Å². The van der Waals surface area contributed by atoms with Gasteiger partial charge in [0.2, 0.25) is 11.8 Å². The molecule has 1 atom stereocenters. The first-order valence-electron chi connectivity index (χ1n) is 7.38. The number of amides is 1. The number of aromatic nitrogens is 2. The van der Waals surface area contributed by atoms with Crippen LogP contribution in [0.2, 0.25) is 0 Å². The third-order valence-corrected chi connectivity index (χ3v) is 3.68. The Balaban J connectivity index is 1.76. The highest BCUT2D eigenvalue weighted by Gasteiger charge is 2.31. The molecule has 22 heavy (non-hydrogen) atoms. The molecule has 0 radical (unpaired) electrons. The lowest BCUT2D eigenvalue weighted by molar-refractivity contribution is -0.0357. The van der Waals surface area contributed by atoms with E-state index in [9.17, 15) is 4.79 Å². The summed E-state index contributed by atoms with van der Waals surface area (Å²) in [6.07, 6.45) is 0.376. The normalized spacial score (nSPS) is 18.7. The second kappa shape index (κ2) is 5.92. The average Bonchev–Trinajstić information content (AvgIpc) is 3.12. The molecule has 1 amide bonds. The number of hydrogen-bond acceptors (Lipinski definition) is 6. The molecule has 3 heterocycles.